The Bertz CT molecular complexity index is 1090. The minimum Gasteiger partial charge on any atom is -0.493 e. The van der Waals surface area contributed by atoms with Crippen molar-refractivity contribution in [1.82, 2.24) is 4.98 Å². The van der Waals surface area contributed by atoms with Crippen molar-refractivity contribution in [2.45, 2.75) is 45.7 Å². The van der Waals surface area contributed by atoms with Crippen molar-refractivity contribution in [3.8, 4) is 16.3 Å². The number of nitrogens with zero attached hydrogens (tertiary/aromatic N) is 1. The van der Waals surface area contributed by atoms with Gasteiger partial charge in [0.2, 0.25) is 0 Å². The molecule has 0 aliphatic carbocycles. The predicted octanol–water partition coefficient (Wildman–Crippen LogP) is 6.65. The van der Waals surface area contributed by atoms with Gasteiger partial charge in [-0.25, -0.2) is 4.98 Å². The molecule has 4 nitrogen and oxygen atoms in total. The number of hydrogen-bond donors (Lipinski definition) is 1. The fourth-order valence-electron chi connectivity index (χ4n) is 3.37. The molecule has 170 valence electrons. The molecule has 0 amide bonds. The number of carbonyl (C=O) groups is 1. The topological polar surface area (TPSA) is 59.4 Å². The average Bonchev–Trinajstić information content (AvgIpc) is 3.12. The molecule has 1 heterocycles. The zero-order valence-electron chi connectivity index (χ0n) is 18.0. The van der Waals surface area contributed by atoms with E-state index in [0.29, 0.717) is 29.3 Å². The minimum absolute atomic E-state index is 0.0126. The van der Waals surface area contributed by atoms with Gasteiger partial charge in [-0.3, -0.25) is 4.79 Å². The van der Waals surface area contributed by atoms with E-state index in [2.05, 4.69) is 4.98 Å². The van der Waals surface area contributed by atoms with E-state index in [1.807, 2.05) is 39.0 Å². The van der Waals surface area contributed by atoms with Crippen molar-refractivity contribution >= 4 is 17.3 Å². The molecule has 8 heteroatoms. The number of aromatic nitrogens is 1. The highest BCUT2D eigenvalue weighted by molar-refractivity contribution is 7.15. The van der Waals surface area contributed by atoms with Crippen LogP contribution in [0.1, 0.15) is 46.5 Å². The normalized spacial score (nSPS) is 12.6. The number of halogens is 3. The van der Waals surface area contributed by atoms with Crippen LogP contribution in [0.4, 0.5) is 13.2 Å². The monoisotopic (exact) mass is 463 g/mol. The first-order chi connectivity index (χ1) is 15.0. The van der Waals surface area contributed by atoms with Gasteiger partial charge in [-0.15, -0.1) is 11.3 Å². The third-order valence-corrected chi connectivity index (χ3v) is 6.22. The van der Waals surface area contributed by atoms with Crippen molar-refractivity contribution in [3.63, 3.8) is 0 Å². The fourth-order valence-corrected chi connectivity index (χ4v) is 4.41. The Balaban J connectivity index is 1.66. The number of benzene rings is 2. The van der Waals surface area contributed by atoms with Crippen molar-refractivity contribution in [1.29, 1.82) is 0 Å². The van der Waals surface area contributed by atoms with Crippen LogP contribution in [0.2, 0.25) is 0 Å². The molecule has 0 spiro atoms. The Hall–Kier alpha value is -2.87. The van der Waals surface area contributed by atoms with Gasteiger partial charge in [-0.05, 0) is 55.7 Å². The van der Waals surface area contributed by atoms with E-state index in [-0.39, 0.29) is 12.3 Å². The summed E-state index contributed by atoms with van der Waals surface area (Å²) < 4.78 is 44.3. The van der Waals surface area contributed by atoms with Crippen LogP contribution in [0.15, 0.2) is 42.5 Å². The molecule has 1 N–H and O–H groups in total. The van der Waals surface area contributed by atoms with Crippen molar-refractivity contribution in [2.75, 3.05) is 6.61 Å². The third kappa shape index (κ3) is 5.88. The van der Waals surface area contributed by atoms with Crippen molar-refractivity contribution < 1.29 is 27.8 Å². The molecular formula is C24H24F3NO3S. The number of ether oxygens (including phenoxy) is 1. The first kappa shape index (κ1) is 23.8. The van der Waals surface area contributed by atoms with Gasteiger partial charge in [0.25, 0.3) is 0 Å². The molecule has 0 aliphatic heterocycles. The van der Waals surface area contributed by atoms with Gasteiger partial charge in [0, 0.05) is 22.8 Å². The number of aliphatic carboxylic acids is 1. The quantitative estimate of drug-likeness (QED) is 0.407. The van der Waals surface area contributed by atoms with Gasteiger partial charge in [0.05, 0.1) is 17.9 Å². The minimum atomic E-state index is -4.36. The maximum Gasteiger partial charge on any atom is 0.416 e. The predicted molar refractivity (Wildman–Crippen MR) is 118 cm³/mol. The van der Waals surface area contributed by atoms with Crippen molar-refractivity contribution in [3.05, 3.63) is 69.7 Å². The molecule has 32 heavy (non-hydrogen) atoms. The van der Waals surface area contributed by atoms with Crippen LogP contribution in [0.5, 0.6) is 5.75 Å². The zero-order valence-corrected chi connectivity index (χ0v) is 18.8. The van der Waals surface area contributed by atoms with Crippen LogP contribution >= 0.6 is 11.3 Å². The van der Waals surface area contributed by atoms with E-state index >= 15 is 0 Å². The summed E-state index contributed by atoms with van der Waals surface area (Å²) in [6.07, 6.45) is -3.80. The molecule has 0 bridgehead atoms. The summed E-state index contributed by atoms with van der Waals surface area (Å²) in [6.45, 7) is 6.25. The summed E-state index contributed by atoms with van der Waals surface area (Å²) in [5.41, 5.74) is 2.79. The molecule has 1 aromatic heterocycles. The number of carboxylic acids is 1. The Morgan fingerprint density at radius 1 is 1.16 bits per heavy atom. The number of thiazole rings is 1. The van der Waals surface area contributed by atoms with Crippen LogP contribution < -0.4 is 4.74 Å². The molecule has 0 saturated carbocycles. The molecule has 1 atom stereocenters. The van der Waals surface area contributed by atoms with Crippen LogP contribution in [0.3, 0.4) is 0 Å². The van der Waals surface area contributed by atoms with Gasteiger partial charge in [0.1, 0.15) is 10.8 Å². The second kappa shape index (κ2) is 9.73. The number of rotatable bonds is 8. The standard InChI is InChI=1S/C24H24F3NO3S/c1-14-12-20(10-6-17(14)7-11-21(29)30)31-13-15(2)22-16(3)32-23(28-22)18-4-8-19(9-5-18)24(25,26)27/h4-6,8-10,12,15H,7,11,13H2,1-3H3,(H,29,30)/t15-/m1/s1. The molecule has 2 aromatic carbocycles. The van der Waals surface area contributed by atoms with Gasteiger partial charge in [-0.1, -0.05) is 25.1 Å². The second-order valence-corrected chi connectivity index (χ2v) is 8.93. The summed E-state index contributed by atoms with van der Waals surface area (Å²) in [6, 6.07) is 10.6. The molecule has 0 fully saturated rings. The number of hydrogen-bond acceptors (Lipinski definition) is 4. The third-order valence-electron chi connectivity index (χ3n) is 5.18. The molecule has 3 aromatic rings. The van der Waals surface area contributed by atoms with E-state index in [1.54, 1.807) is 0 Å². The lowest BCUT2D eigenvalue weighted by molar-refractivity contribution is -0.138. The maximum absolute atomic E-state index is 12.8. The number of carboxylic acid groups (broad SMARTS) is 1. The van der Waals surface area contributed by atoms with Crippen LogP contribution in [-0.2, 0) is 17.4 Å². The first-order valence-electron chi connectivity index (χ1n) is 10.1. The SMILES string of the molecule is Cc1cc(OC[C@@H](C)c2nc(-c3ccc(C(F)(F)F)cc3)sc2C)ccc1CCC(=O)O. The van der Waals surface area contributed by atoms with Gasteiger partial charge in [-0.2, -0.15) is 13.2 Å². The Labute approximate surface area is 188 Å². The van der Waals surface area contributed by atoms with E-state index in [0.717, 1.165) is 33.8 Å². The molecule has 0 saturated heterocycles. The largest absolute Gasteiger partial charge is 0.493 e. The molecule has 0 unspecified atom stereocenters. The van der Waals surface area contributed by atoms with Gasteiger partial charge >= 0.3 is 12.1 Å². The Morgan fingerprint density at radius 2 is 1.84 bits per heavy atom. The molecule has 0 aliphatic rings. The summed E-state index contributed by atoms with van der Waals surface area (Å²) in [4.78, 5) is 16.4. The molecule has 3 rings (SSSR count). The zero-order chi connectivity index (χ0) is 23.5. The lowest BCUT2D eigenvalue weighted by Crippen LogP contribution is -2.09. The first-order valence-corrected chi connectivity index (χ1v) is 11.0. The van der Waals surface area contributed by atoms with E-state index in [4.69, 9.17) is 9.84 Å². The highest BCUT2D eigenvalue weighted by Gasteiger charge is 2.30. The fraction of sp³-hybridized carbons (Fsp3) is 0.333. The smallest absolute Gasteiger partial charge is 0.416 e. The highest BCUT2D eigenvalue weighted by Crippen LogP contribution is 2.34. The maximum atomic E-state index is 12.8. The van der Waals surface area contributed by atoms with E-state index in [9.17, 15) is 18.0 Å². The average molecular weight is 464 g/mol. The lowest BCUT2D eigenvalue weighted by Gasteiger charge is -2.14. The highest BCUT2D eigenvalue weighted by atomic mass is 32.1. The molecular weight excluding hydrogens is 439 g/mol. The van der Waals surface area contributed by atoms with Crippen LogP contribution in [-0.4, -0.2) is 22.7 Å². The number of alkyl halides is 3. The molecule has 0 radical (unpaired) electrons. The summed E-state index contributed by atoms with van der Waals surface area (Å²) >= 11 is 1.45. The second-order valence-electron chi connectivity index (χ2n) is 7.73. The van der Waals surface area contributed by atoms with E-state index < -0.39 is 17.7 Å². The van der Waals surface area contributed by atoms with Gasteiger partial charge < -0.3 is 9.84 Å². The summed E-state index contributed by atoms with van der Waals surface area (Å²) in [7, 11) is 0. The van der Waals surface area contributed by atoms with Crippen LogP contribution in [0, 0.1) is 13.8 Å². The van der Waals surface area contributed by atoms with Crippen molar-refractivity contribution in [2.24, 2.45) is 0 Å². The lowest BCUT2D eigenvalue weighted by atomic mass is 10.0. The van der Waals surface area contributed by atoms with Gasteiger partial charge in [0.15, 0.2) is 0 Å². The Morgan fingerprint density at radius 3 is 2.44 bits per heavy atom. The van der Waals surface area contributed by atoms with E-state index in [1.165, 1.54) is 23.5 Å². The van der Waals surface area contributed by atoms with Crippen LogP contribution in [0.25, 0.3) is 10.6 Å². The number of aryl methyl sites for hydroxylation is 3. The summed E-state index contributed by atoms with van der Waals surface area (Å²) in [5.74, 6) is -0.140. The Kier molecular flexibility index (Phi) is 7.23. The summed E-state index contributed by atoms with van der Waals surface area (Å²) in [5, 5.41) is 9.52.